The average molecular weight is 488 g/mol. The summed E-state index contributed by atoms with van der Waals surface area (Å²) in [6.07, 6.45) is 1.46. The van der Waals surface area contributed by atoms with E-state index in [-0.39, 0.29) is 41.5 Å². The number of nitrogens with zero attached hydrogens (tertiary/aromatic N) is 2. The van der Waals surface area contributed by atoms with Crippen molar-refractivity contribution in [1.29, 1.82) is 0 Å². The highest BCUT2D eigenvalue weighted by Crippen LogP contribution is 2.24. The molecule has 1 aromatic rings. The highest BCUT2D eigenvalue weighted by atomic mass is 127. The molecule has 27 heavy (non-hydrogen) atoms. The van der Waals surface area contributed by atoms with Crippen LogP contribution in [-0.4, -0.2) is 49.2 Å². The number of nitrogens with one attached hydrogen (secondary N) is 1. The van der Waals surface area contributed by atoms with E-state index >= 15 is 0 Å². The molecule has 3 N–H and O–H groups in total. The van der Waals surface area contributed by atoms with Gasteiger partial charge in [0.25, 0.3) is 0 Å². The Balaban J connectivity index is 0.00000364. The van der Waals surface area contributed by atoms with Crippen LogP contribution in [0.25, 0.3) is 0 Å². The van der Waals surface area contributed by atoms with Gasteiger partial charge in [-0.15, -0.1) is 24.0 Å². The summed E-state index contributed by atoms with van der Waals surface area (Å²) in [5.41, 5.74) is 8.53. The molecule has 0 unspecified atom stereocenters. The van der Waals surface area contributed by atoms with Gasteiger partial charge in [-0.05, 0) is 32.3 Å². The quantitative estimate of drug-likeness (QED) is 0.378. The van der Waals surface area contributed by atoms with Gasteiger partial charge < -0.3 is 20.7 Å². The molecule has 0 aliphatic carbocycles. The number of ether oxygens (including phenoxy) is 1. The van der Waals surface area contributed by atoms with Gasteiger partial charge in [-0.25, -0.2) is 4.79 Å². The molecule has 0 atom stereocenters. The van der Waals surface area contributed by atoms with E-state index in [1.165, 1.54) is 11.1 Å². The second-order valence-corrected chi connectivity index (χ2v) is 7.56. The summed E-state index contributed by atoms with van der Waals surface area (Å²) in [7, 11) is 0. The fourth-order valence-corrected chi connectivity index (χ4v) is 3.12. The zero-order valence-electron chi connectivity index (χ0n) is 16.8. The lowest BCUT2D eigenvalue weighted by Gasteiger charge is -2.32. The molecule has 0 saturated carbocycles. The predicted octanol–water partition coefficient (Wildman–Crippen LogP) is 3.42. The summed E-state index contributed by atoms with van der Waals surface area (Å²) in [5.74, 6) is 0.473. The molecule has 1 aliphatic heterocycles. The normalized spacial score (nSPS) is 15.9. The van der Waals surface area contributed by atoms with E-state index < -0.39 is 0 Å². The number of guanidine groups is 1. The van der Waals surface area contributed by atoms with Crippen molar-refractivity contribution >= 4 is 36.0 Å². The number of benzene rings is 1. The Morgan fingerprint density at radius 3 is 2.63 bits per heavy atom. The maximum absolute atomic E-state index is 11.7. The number of rotatable bonds is 5. The average Bonchev–Trinajstić information content (AvgIpc) is 2.61. The summed E-state index contributed by atoms with van der Waals surface area (Å²) >= 11 is 0. The topological polar surface area (TPSA) is 80.0 Å². The number of halogens is 1. The van der Waals surface area contributed by atoms with E-state index in [1.807, 2.05) is 6.92 Å². The Morgan fingerprint density at radius 2 is 2.04 bits per heavy atom. The van der Waals surface area contributed by atoms with Crippen molar-refractivity contribution in [2.45, 2.75) is 52.0 Å². The van der Waals surface area contributed by atoms with Gasteiger partial charge in [0.2, 0.25) is 0 Å². The molecule has 0 bridgehead atoms. The van der Waals surface area contributed by atoms with Crippen molar-refractivity contribution in [3.8, 4) is 0 Å². The van der Waals surface area contributed by atoms with Crippen LogP contribution in [0.5, 0.6) is 0 Å². The number of likely N-dealkylation sites (tertiary alicyclic amines) is 1. The molecular formula is C20H33IN4O2. The molecule has 152 valence electrons. The van der Waals surface area contributed by atoms with Crippen LogP contribution in [0.3, 0.4) is 0 Å². The number of hydrogen-bond donors (Lipinski definition) is 2. The largest absolute Gasteiger partial charge is 0.450 e. The van der Waals surface area contributed by atoms with E-state index in [0.717, 1.165) is 12.8 Å². The number of nitrogens with two attached hydrogens (primary N) is 1. The predicted molar refractivity (Wildman–Crippen MR) is 121 cm³/mol. The molecule has 1 heterocycles. The summed E-state index contributed by atoms with van der Waals surface area (Å²) in [6, 6.07) is 8.75. The van der Waals surface area contributed by atoms with Gasteiger partial charge in [-0.3, -0.25) is 4.99 Å². The number of aliphatic imine (C=N–C) groups is 1. The second-order valence-electron chi connectivity index (χ2n) is 7.56. The number of carbonyl (C=O) groups excluding carboxylic acids is 1. The van der Waals surface area contributed by atoms with Gasteiger partial charge >= 0.3 is 6.09 Å². The number of piperidine rings is 1. The molecule has 7 heteroatoms. The molecule has 0 radical (unpaired) electrons. The highest BCUT2D eigenvalue weighted by Gasteiger charge is 2.24. The van der Waals surface area contributed by atoms with Crippen LogP contribution in [0.1, 0.15) is 44.7 Å². The zero-order chi connectivity index (χ0) is 19.2. The van der Waals surface area contributed by atoms with Gasteiger partial charge in [0.1, 0.15) is 0 Å². The van der Waals surface area contributed by atoms with Gasteiger partial charge in [-0.1, -0.05) is 43.7 Å². The third kappa shape index (κ3) is 7.20. The highest BCUT2D eigenvalue weighted by molar-refractivity contribution is 14.0. The Morgan fingerprint density at radius 1 is 1.37 bits per heavy atom. The molecular weight excluding hydrogens is 455 g/mol. The maximum atomic E-state index is 11.7. The number of aryl methyl sites for hydroxylation is 1. The van der Waals surface area contributed by atoms with Crippen molar-refractivity contribution in [2.75, 3.05) is 26.2 Å². The third-order valence-electron chi connectivity index (χ3n) is 4.82. The zero-order valence-corrected chi connectivity index (χ0v) is 19.2. The number of carbonyl (C=O) groups is 1. The summed E-state index contributed by atoms with van der Waals surface area (Å²) < 4.78 is 5.04. The van der Waals surface area contributed by atoms with Crippen LogP contribution in [0, 0.1) is 6.92 Å². The molecule has 6 nitrogen and oxygen atoms in total. The fourth-order valence-electron chi connectivity index (χ4n) is 3.12. The number of amides is 1. The smallest absolute Gasteiger partial charge is 0.409 e. The first-order valence-electron chi connectivity index (χ1n) is 9.37. The first kappa shape index (κ1) is 23.5. The van der Waals surface area contributed by atoms with E-state index in [0.29, 0.717) is 32.2 Å². The molecule has 1 fully saturated rings. The van der Waals surface area contributed by atoms with Crippen molar-refractivity contribution in [3.63, 3.8) is 0 Å². The molecule has 2 rings (SSSR count). The first-order chi connectivity index (χ1) is 12.3. The Labute approximate surface area is 179 Å². The fraction of sp³-hybridized carbons (Fsp3) is 0.600. The Kier molecular flexibility index (Phi) is 9.35. The minimum absolute atomic E-state index is 0. The lowest BCUT2D eigenvalue weighted by Crippen LogP contribution is -2.48. The van der Waals surface area contributed by atoms with E-state index in [4.69, 9.17) is 10.5 Å². The van der Waals surface area contributed by atoms with Gasteiger partial charge in [0.15, 0.2) is 5.96 Å². The minimum Gasteiger partial charge on any atom is -0.450 e. The van der Waals surface area contributed by atoms with Crippen LogP contribution in [0.15, 0.2) is 29.3 Å². The van der Waals surface area contributed by atoms with Crippen LogP contribution in [0.4, 0.5) is 4.79 Å². The van der Waals surface area contributed by atoms with E-state index in [1.54, 1.807) is 4.90 Å². The van der Waals surface area contributed by atoms with Gasteiger partial charge in [0, 0.05) is 24.5 Å². The minimum atomic E-state index is -0.229. The molecule has 1 aliphatic rings. The first-order valence-corrected chi connectivity index (χ1v) is 9.37. The van der Waals surface area contributed by atoms with E-state index in [2.05, 4.69) is 55.3 Å². The van der Waals surface area contributed by atoms with Crippen LogP contribution < -0.4 is 11.1 Å². The lowest BCUT2D eigenvalue weighted by atomic mass is 9.84. The van der Waals surface area contributed by atoms with Gasteiger partial charge in [-0.2, -0.15) is 0 Å². The number of hydrogen-bond acceptors (Lipinski definition) is 3. The third-order valence-corrected chi connectivity index (χ3v) is 4.82. The molecule has 1 saturated heterocycles. The van der Waals surface area contributed by atoms with Crippen molar-refractivity contribution in [3.05, 3.63) is 35.4 Å². The molecule has 0 spiro atoms. The van der Waals surface area contributed by atoms with Crippen LogP contribution in [0.2, 0.25) is 0 Å². The molecule has 0 aromatic heterocycles. The standard InChI is InChI=1S/C20H32N4O2.HI/c1-5-26-19(25)24-11-9-17(10-12-24)23-18(21)22-14-20(3,4)16-8-6-7-15(2)13-16;/h6-8,13,17H,5,9-12,14H2,1-4H3,(H3,21,22,23);1H. The Bertz CT molecular complexity index is 641. The monoisotopic (exact) mass is 488 g/mol. The van der Waals surface area contributed by atoms with Crippen LogP contribution >= 0.6 is 24.0 Å². The SMILES string of the molecule is CCOC(=O)N1CCC(NC(N)=NCC(C)(C)c2cccc(C)c2)CC1.I. The summed E-state index contributed by atoms with van der Waals surface area (Å²) in [5, 5.41) is 3.29. The maximum Gasteiger partial charge on any atom is 0.409 e. The van der Waals surface area contributed by atoms with E-state index in [9.17, 15) is 4.79 Å². The molecule has 1 amide bonds. The summed E-state index contributed by atoms with van der Waals surface area (Å²) in [4.78, 5) is 18.0. The second kappa shape index (κ2) is 10.7. The van der Waals surface area contributed by atoms with Crippen molar-refractivity contribution in [1.82, 2.24) is 10.2 Å². The molecule has 1 aromatic carbocycles. The summed E-state index contributed by atoms with van der Waals surface area (Å²) in [6.45, 7) is 10.7. The van der Waals surface area contributed by atoms with Crippen molar-refractivity contribution in [2.24, 2.45) is 10.7 Å². The van der Waals surface area contributed by atoms with Gasteiger partial charge in [0.05, 0.1) is 13.2 Å². The Hall–Kier alpha value is -1.51. The van der Waals surface area contributed by atoms with Crippen LogP contribution in [-0.2, 0) is 10.2 Å². The lowest BCUT2D eigenvalue weighted by molar-refractivity contribution is 0.0963. The van der Waals surface area contributed by atoms with Crippen molar-refractivity contribution < 1.29 is 9.53 Å².